The highest BCUT2D eigenvalue weighted by molar-refractivity contribution is 6.14. The first-order valence-corrected chi connectivity index (χ1v) is 13.3. The van der Waals surface area contributed by atoms with Crippen LogP contribution in [-0.2, 0) is 16.8 Å². The zero-order chi connectivity index (χ0) is 28.4. The third-order valence-corrected chi connectivity index (χ3v) is 7.89. The van der Waals surface area contributed by atoms with Crippen LogP contribution in [0.1, 0.15) is 58.8 Å². The summed E-state index contributed by atoms with van der Waals surface area (Å²) in [5, 5.41) is 4.13. The Morgan fingerprint density at radius 2 is 1.80 bits per heavy atom. The second kappa shape index (κ2) is 9.22. The van der Waals surface area contributed by atoms with Gasteiger partial charge in [0.25, 0.3) is 0 Å². The number of rotatable bonds is 8. The van der Waals surface area contributed by atoms with Crippen LogP contribution in [0.25, 0.3) is 11.3 Å². The minimum atomic E-state index is -4.86. The first-order valence-electron chi connectivity index (χ1n) is 13.3. The Hall–Kier alpha value is -4.60. The zero-order valence-electron chi connectivity index (χ0n) is 21.6. The van der Waals surface area contributed by atoms with Crippen molar-refractivity contribution in [1.82, 2.24) is 5.16 Å². The van der Waals surface area contributed by atoms with E-state index < -0.39 is 11.8 Å². The minimum absolute atomic E-state index is 0.0119. The number of carbonyl (C=O) groups is 2. The molecule has 0 bridgehead atoms. The Balaban J connectivity index is 1.20. The third kappa shape index (κ3) is 4.43. The molecule has 0 radical (unpaired) electrons. The van der Waals surface area contributed by atoms with E-state index in [9.17, 15) is 22.8 Å². The molecule has 7 nitrogen and oxygen atoms in total. The molecule has 0 unspecified atom stereocenters. The van der Waals surface area contributed by atoms with Gasteiger partial charge in [0.1, 0.15) is 35.8 Å². The molecule has 1 aliphatic heterocycles. The van der Waals surface area contributed by atoms with Crippen LogP contribution in [0.4, 0.5) is 24.5 Å². The fourth-order valence-electron chi connectivity index (χ4n) is 5.56. The van der Waals surface area contributed by atoms with Crippen LogP contribution in [0, 0.1) is 0 Å². The number of alkyl halides is 3. The number of aldehydes is 1. The number of halogens is 3. The zero-order valence-corrected chi connectivity index (χ0v) is 21.6. The second-order valence-corrected chi connectivity index (χ2v) is 10.6. The van der Waals surface area contributed by atoms with E-state index >= 15 is 0 Å². The van der Waals surface area contributed by atoms with Crippen LogP contribution < -0.4 is 14.4 Å². The van der Waals surface area contributed by atoms with E-state index in [0.717, 1.165) is 43.2 Å². The average molecular weight is 561 g/mol. The fraction of sp³-hybridized carbons (Fsp3) is 0.258. The van der Waals surface area contributed by atoms with E-state index in [1.54, 1.807) is 41.3 Å². The van der Waals surface area contributed by atoms with E-state index in [2.05, 4.69) is 9.89 Å². The summed E-state index contributed by atoms with van der Waals surface area (Å²) in [7, 11) is 0. The Labute approximate surface area is 232 Å². The van der Waals surface area contributed by atoms with Crippen molar-refractivity contribution in [2.75, 3.05) is 4.90 Å². The van der Waals surface area contributed by atoms with E-state index in [1.807, 2.05) is 12.1 Å². The highest BCUT2D eigenvalue weighted by atomic mass is 19.4. The Morgan fingerprint density at radius 3 is 2.49 bits per heavy atom. The number of amides is 1. The van der Waals surface area contributed by atoms with Crippen LogP contribution in [0.3, 0.4) is 0 Å². The normalized spacial score (nSPS) is 17.0. The summed E-state index contributed by atoms with van der Waals surface area (Å²) in [4.78, 5) is 26.3. The number of anilines is 2. The largest absolute Gasteiger partial charge is 0.573 e. The molecule has 7 rings (SSSR count). The summed E-state index contributed by atoms with van der Waals surface area (Å²) >= 11 is 0. The van der Waals surface area contributed by atoms with Crippen molar-refractivity contribution in [3.05, 3.63) is 89.2 Å². The molecule has 208 valence electrons. The lowest BCUT2D eigenvalue weighted by molar-refractivity contribution is -0.274. The molecule has 3 aromatic carbocycles. The van der Waals surface area contributed by atoms with Crippen molar-refractivity contribution in [2.45, 2.75) is 50.0 Å². The molecular formula is C31H23F3N2O5. The topological polar surface area (TPSA) is 81.9 Å². The van der Waals surface area contributed by atoms with Gasteiger partial charge in [-0.2, -0.15) is 0 Å². The predicted molar refractivity (Wildman–Crippen MR) is 141 cm³/mol. The Bertz CT molecular complexity index is 1670. The van der Waals surface area contributed by atoms with Crippen molar-refractivity contribution in [3.63, 3.8) is 0 Å². The van der Waals surface area contributed by atoms with Crippen LogP contribution in [0.2, 0.25) is 0 Å². The summed E-state index contributed by atoms with van der Waals surface area (Å²) in [5.41, 5.74) is 3.21. The van der Waals surface area contributed by atoms with Crippen LogP contribution in [0.5, 0.6) is 11.5 Å². The third-order valence-electron chi connectivity index (χ3n) is 7.89. The number of ether oxygens (including phenoxy) is 2. The van der Waals surface area contributed by atoms with Crippen molar-refractivity contribution in [1.29, 1.82) is 0 Å². The first kappa shape index (κ1) is 25.4. The first-order chi connectivity index (χ1) is 19.8. The summed E-state index contributed by atoms with van der Waals surface area (Å²) < 4.78 is 55.4. The van der Waals surface area contributed by atoms with Crippen molar-refractivity contribution >= 4 is 23.6 Å². The minimum Gasteiger partial charge on any atom is -0.489 e. The highest BCUT2D eigenvalue weighted by Gasteiger charge is 2.59. The van der Waals surface area contributed by atoms with Gasteiger partial charge < -0.3 is 14.0 Å². The molecule has 2 heterocycles. The number of hydrogen-bond donors (Lipinski definition) is 0. The van der Waals surface area contributed by atoms with Gasteiger partial charge in [-0.15, -0.1) is 13.2 Å². The lowest BCUT2D eigenvalue weighted by atomic mass is 9.98. The Morgan fingerprint density at radius 1 is 1.05 bits per heavy atom. The van der Waals surface area contributed by atoms with E-state index in [0.29, 0.717) is 28.3 Å². The molecule has 1 amide bonds. The number of nitrogens with zero attached hydrogens (tertiary/aromatic N) is 2. The number of carbonyl (C=O) groups excluding carboxylic acids is 2. The molecule has 0 saturated heterocycles. The van der Waals surface area contributed by atoms with Gasteiger partial charge in [0.05, 0.1) is 16.7 Å². The number of benzene rings is 3. The number of aromatic nitrogens is 1. The van der Waals surface area contributed by atoms with Gasteiger partial charge in [0, 0.05) is 22.7 Å². The van der Waals surface area contributed by atoms with Crippen LogP contribution in [0.15, 0.2) is 71.3 Å². The molecule has 41 heavy (non-hydrogen) atoms. The van der Waals surface area contributed by atoms with Gasteiger partial charge >= 0.3 is 6.36 Å². The molecule has 2 fully saturated rings. The summed E-state index contributed by atoms with van der Waals surface area (Å²) in [6.45, 7) is 0.0155. The van der Waals surface area contributed by atoms with Gasteiger partial charge in [-0.05, 0) is 85.8 Å². The smallest absolute Gasteiger partial charge is 0.489 e. The summed E-state index contributed by atoms with van der Waals surface area (Å²) in [5.74, 6) is 0.876. The monoisotopic (exact) mass is 560 g/mol. The van der Waals surface area contributed by atoms with Gasteiger partial charge in [-0.3, -0.25) is 14.5 Å². The second-order valence-electron chi connectivity index (χ2n) is 10.6. The maximum absolute atomic E-state index is 13.5. The lowest BCUT2D eigenvalue weighted by Crippen LogP contribution is -2.27. The van der Waals surface area contributed by atoms with Gasteiger partial charge in [-0.25, -0.2) is 0 Å². The number of hydrogen-bond acceptors (Lipinski definition) is 6. The van der Waals surface area contributed by atoms with Crippen molar-refractivity contribution in [2.24, 2.45) is 0 Å². The van der Waals surface area contributed by atoms with Crippen molar-refractivity contribution in [3.8, 4) is 22.8 Å². The molecule has 1 spiro atoms. The molecule has 0 atom stereocenters. The van der Waals surface area contributed by atoms with Crippen molar-refractivity contribution < 1.29 is 36.8 Å². The van der Waals surface area contributed by atoms with Gasteiger partial charge in [0.15, 0.2) is 0 Å². The molecule has 2 aliphatic carbocycles. The molecule has 3 aliphatic rings. The average Bonchev–Trinajstić information content (AvgIpc) is 3.89. The SMILES string of the molecule is O=Cc1ccc(N2C(=O)C3(CC3)c3cc(OCc4c(-c5ccccc5OC(F)(F)F)noc4C4CC4)ccc32)cc1. The predicted octanol–water partition coefficient (Wildman–Crippen LogP) is 7.22. The van der Waals surface area contributed by atoms with Crippen LogP contribution >= 0.6 is 0 Å². The molecule has 10 heteroatoms. The van der Waals surface area contributed by atoms with Gasteiger partial charge in [-0.1, -0.05) is 17.3 Å². The molecule has 2 saturated carbocycles. The number of fused-ring (bicyclic) bond motifs is 2. The van der Waals surface area contributed by atoms with E-state index in [1.165, 1.54) is 18.2 Å². The molecule has 4 aromatic rings. The van der Waals surface area contributed by atoms with Crippen LogP contribution in [-0.4, -0.2) is 23.7 Å². The quantitative estimate of drug-likeness (QED) is 0.212. The van der Waals surface area contributed by atoms with E-state index in [-0.39, 0.29) is 35.4 Å². The molecule has 0 N–H and O–H groups in total. The fourth-order valence-corrected chi connectivity index (χ4v) is 5.56. The highest BCUT2D eigenvalue weighted by Crippen LogP contribution is 2.59. The van der Waals surface area contributed by atoms with Gasteiger partial charge in [0.2, 0.25) is 5.91 Å². The van der Waals surface area contributed by atoms with E-state index in [4.69, 9.17) is 9.26 Å². The summed E-state index contributed by atoms with van der Waals surface area (Å²) in [6.07, 6.45) is -0.857. The number of para-hydroxylation sites is 1. The Kier molecular flexibility index (Phi) is 5.71. The lowest BCUT2D eigenvalue weighted by Gasteiger charge is -2.18. The standard InChI is InChI=1S/C31H23F3N2O5/c32-31(33,34)40-26-4-2-1-3-22(26)27-23(28(41-35-27)19-7-8-19)17-39-21-11-12-25-24(15-21)30(13-14-30)29(38)36(25)20-9-5-18(16-37)6-10-20/h1-6,9-12,15-16,19H,7-8,13-14,17H2. The molecular weight excluding hydrogens is 537 g/mol. The maximum Gasteiger partial charge on any atom is 0.573 e. The summed E-state index contributed by atoms with van der Waals surface area (Å²) in [6, 6.07) is 18.2. The molecule has 1 aromatic heterocycles. The maximum atomic E-state index is 13.5.